The second-order valence-electron chi connectivity index (χ2n) is 6.28. The fourth-order valence-corrected chi connectivity index (χ4v) is 4.12. The van der Waals surface area contributed by atoms with Crippen molar-refractivity contribution in [1.29, 1.82) is 0 Å². The molecule has 0 aliphatic carbocycles. The van der Waals surface area contributed by atoms with Crippen molar-refractivity contribution in [2.75, 3.05) is 25.9 Å². The first kappa shape index (κ1) is 22.3. The molecule has 9 heteroatoms. The molecule has 3 N–H and O–H groups in total. The molecule has 0 bridgehead atoms. The van der Waals surface area contributed by atoms with E-state index in [4.69, 9.17) is 9.73 Å². The lowest BCUT2D eigenvalue weighted by Crippen LogP contribution is -2.33. The number of nitrogens with one attached hydrogen (secondary N) is 1. The highest BCUT2D eigenvalue weighted by Crippen LogP contribution is 2.30. The van der Waals surface area contributed by atoms with E-state index >= 15 is 0 Å². The van der Waals surface area contributed by atoms with Gasteiger partial charge >= 0.3 is 0 Å². The molecule has 160 valence electrons. The minimum atomic E-state index is 0.585. The quantitative estimate of drug-likeness (QED) is 0.473. The van der Waals surface area contributed by atoms with Crippen LogP contribution in [0.3, 0.4) is 0 Å². The number of ether oxygens (including phenoxy) is 1. The zero-order valence-corrected chi connectivity index (χ0v) is 18.8. The van der Waals surface area contributed by atoms with Crippen LogP contribution in [0.4, 0.5) is 5.69 Å². The number of aromatic nitrogens is 2. The van der Waals surface area contributed by atoms with Crippen molar-refractivity contribution < 1.29 is 4.74 Å². The number of aryl methyl sites for hydroxylation is 1. The van der Waals surface area contributed by atoms with Gasteiger partial charge in [0.15, 0.2) is 5.84 Å². The van der Waals surface area contributed by atoms with Crippen LogP contribution in [0.5, 0.6) is 5.88 Å². The number of anilines is 1. The average molecular weight is 436 g/mol. The van der Waals surface area contributed by atoms with Crippen LogP contribution in [0.15, 0.2) is 68.2 Å². The van der Waals surface area contributed by atoms with E-state index in [2.05, 4.69) is 48.9 Å². The summed E-state index contributed by atoms with van der Waals surface area (Å²) in [7, 11) is 6.85. The second-order valence-corrected chi connectivity index (χ2v) is 7.13. The van der Waals surface area contributed by atoms with Crippen LogP contribution < -0.4 is 25.9 Å². The fraction of sp³-hybridized carbons (Fsp3) is 0.182. The number of aliphatic imine (C=N–C) groups is 2. The summed E-state index contributed by atoms with van der Waals surface area (Å²) in [5.74, 6) is 1.22. The van der Waals surface area contributed by atoms with E-state index in [1.165, 1.54) is 19.0 Å². The number of benzene rings is 1. The van der Waals surface area contributed by atoms with Crippen molar-refractivity contribution in [2.45, 2.75) is 4.90 Å². The molecule has 1 aliphatic rings. The minimum absolute atomic E-state index is 0.585. The Morgan fingerprint density at radius 1 is 1.26 bits per heavy atom. The van der Waals surface area contributed by atoms with Crippen molar-refractivity contribution >= 4 is 47.2 Å². The molecule has 0 spiro atoms. The first-order valence-electron chi connectivity index (χ1n) is 9.48. The zero-order valence-electron chi connectivity index (χ0n) is 18.0. The van der Waals surface area contributed by atoms with Crippen molar-refractivity contribution in [3.05, 3.63) is 59.0 Å². The lowest BCUT2D eigenvalue weighted by atomic mass is 10.1. The zero-order chi connectivity index (χ0) is 22.4. The molecular formula is C22H25N7OS. The Labute approximate surface area is 185 Å². The molecule has 0 atom stereocenters. The number of nitrogens with zero attached hydrogens (tertiary/aromatic N) is 5. The molecule has 1 aliphatic heterocycles. The summed E-state index contributed by atoms with van der Waals surface area (Å²) in [5.41, 5.74) is 8.23. The first-order valence-corrected chi connectivity index (χ1v) is 10.3. The van der Waals surface area contributed by atoms with Crippen LogP contribution in [0.25, 0.3) is 17.0 Å². The normalized spacial score (nSPS) is 14.9. The van der Waals surface area contributed by atoms with Gasteiger partial charge in [-0.05, 0) is 50.0 Å². The third-order valence-electron chi connectivity index (χ3n) is 4.63. The predicted octanol–water partition coefficient (Wildman–Crippen LogP) is 2.30. The summed E-state index contributed by atoms with van der Waals surface area (Å²) < 4.78 is 10.9. The molecule has 4 rings (SSSR count). The van der Waals surface area contributed by atoms with E-state index in [1.807, 2.05) is 31.3 Å². The van der Waals surface area contributed by atoms with Crippen LogP contribution in [0.1, 0.15) is 0 Å². The summed E-state index contributed by atoms with van der Waals surface area (Å²) >= 11 is 1.46. The van der Waals surface area contributed by atoms with E-state index in [0.29, 0.717) is 11.7 Å². The van der Waals surface area contributed by atoms with Crippen LogP contribution >= 0.6 is 11.9 Å². The van der Waals surface area contributed by atoms with Crippen molar-refractivity contribution in [3.8, 4) is 5.88 Å². The number of para-hydroxylation sites is 1. The Bertz CT molecular complexity index is 1290. The van der Waals surface area contributed by atoms with E-state index in [9.17, 15) is 0 Å². The molecule has 0 saturated carbocycles. The summed E-state index contributed by atoms with van der Waals surface area (Å²) in [6, 6.07) is 10.0. The minimum Gasteiger partial charge on any atom is -0.480 e. The number of rotatable bonds is 5. The number of methoxy groups -OCH3 is 1. The van der Waals surface area contributed by atoms with Crippen molar-refractivity contribution in [3.63, 3.8) is 0 Å². The standard InChI is InChI=1S/C21H20N6OS.CH5N/c1-22-12-13-11-15-14-7-5-8-16(18(14)27(3)20(15)25-19(13)23-2)26-29-17-9-6-10-24-21(17)28-4;1-2/h5-12,26H,1H2,2-4H3;2H2,1H3/b13-12-,23-19?;. The third kappa shape index (κ3) is 4.23. The number of pyridine rings is 1. The van der Waals surface area contributed by atoms with Gasteiger partial charge in [-0.1, -0.05) is 12.1 Å². The Morgan fingerprint density at radius 3 is 2.77 bits per heavy atom. The fourth-order valence-electron chi connectivity index (χ4n) is 3.36. The van der Waals surface area contributed by atoms with E-state index in [1.54, 1.807) is 26.6 Å². The largest absolute Gasteiger partial charge is 0.480 e. The Hall–Kier alpha value is -3.43. The third-order valence-corrected chi connectivity index (χ3v) is 5.49. The summed E-state index contributed by atoms with van der Waals surface area (Å²) in [6.07, 6.45) is 5.45. The maximum Gasteiger partial charge on any atom is 0.228 e. The van der Waals surface area contributed by atoms with Crippen LogP contribution in [-0.4, -0.2) is 43.3 Å². The lowest BCUT2D eigenvalue weighted by Gasteiger charge is -2.10. The molecule has 0 unspecified atom stereocenters. The highest BCUT2D eigenvalue weighted by molar-refractivity contribution is 8.00. The second kappa shape index (κ2) is 10.1. The van der Waals surface area contributed by atoms with Gasteiger partial charge in [0.05, 0.1) is 23.2 Å². The van der Waals surface area contributed by atoms with Gasteiger partial charge in [0, 0.05) is 42.7 Å². The molecule has 0 saturated heterocycles. The lowest BCUT2D eigenvalue weighted by molar-refractivity contribution is 0.387. The molecule has 31 heavy (non-hydrogen) atoms. The Kier molecular flexibility index (Phi) is 7.22. The van der Waals surface area contributed by atoms with Gasteiger partial charge in [-0.2, -0.15) is 0 Å². The number of hydrogen-bond acceptors (Lipinski definition) is 7. The molecule has 3 heterocycles. The van der Waals surface area contributed by atoms with Crippen molar-refractivity contribution in [1.82, 2.24) is 9.55 Å². The smallest absolute Gasteiger partial charge is 0.228 e. The van der Waals surface area contributed by atoms with E-state index < -0.39 is 0 Å². The maximum atomic E-state index is 5.34. The number of amidine groups is 1. The Balaban J connectivity index is 0.00000132. The molecule has 0 radical (unpaired) electrons. The summed E-state index contributed by atoms with van der Waals surface area (Å²) in [5, 5.41) is 2.14. The number of fused-ring (bicyclic) bond motifs is 3. The highest BCUT2D eigenvalue weighted by Gasteiger charge is 2.16. The van der Waals surface area contributed by atoms with E-state index in [-0.39, 0.29) is 0 Å². The SMILES string of the molecule is C=N/C=C1/C=c2c(n(C)c3c(NSc4cccnc4OC)cccc23)=NC1=NC.CN. The molecule has 3 aromatic rings. The highest BCUT2D eigenvalue weighted by atomic mass is 32.2. The van der Waals surface area contributed by atoms with E-state index in [0.717, 1.165) is 37.8 Å². The average Bonchev–Trinajstić information content (AvgIpc) is 3.10. The summed E-state index contributed by atoms with van der Waals surface area (Å²) in [4.78, 5) is 18.1. The van der Waals surface area contributed by atoms with Gasteiger partial charge in [0.1, 0.15) is 5.49 Å². The summed E-state index contributed by atoms with van der Waals surface area (Å²) in [6.45, 7) is 3.55. The maximum absolute atomic E-state index is 5.34. The molecular weight excluding hydrogens is 410 g/mol. The first-order chi connectivity index (χ1) is 15.2. The topological polar surface area (TPSA) is 102 Å². The van der Waals surface area contributed by atoms with Crippen LogP contribution in [-0.2, 0) is 7.05 Å². The van der Waals surface area contributed by atoms with Gasteiger partial charge in [-0.25, -0.2) is 9.98 Å². The molecule has 8 nitrogen and oxygen atoms in total. The Morgan fingerprint density at radius 2 is 2.06 bits per heavy atom. The van der Waals surface area contributed by atoms with Gasteiger partial charge in [0.2, 0.25) is 5.88 Å². The predicted molar refractivity (Wildman–Crippen MR) is 130 cm³/mol. The van der Waals surface area contributed by atoms with Gasteiger partial charge < -0.3 is 19.8 Å². The monoisotopic (exact) mass is 435 g/mol. The number of nitrogens with two attached hydrogens (primary N) is 1. The molecule has 2 aromatic heterocycles. The van der Waals surface area contributed by atoms with Gasteiger partial charge in [0.25, 0.3) is 0 Å². The molecule has 1 aromatic carbocycles. The van der Waals surface area contributed by atoms with Gasteiger partial charge in [-0.15, -0.1) is 0 Å². The molecule has 0 amide bonds. The molecule has 0 fully saturated rings. The van der Waals surface area contributed by atoms with Crippen molar-refractivity contribution in [2.24, 2.45) is 27.8 Å². The van der Waals surface area contributed by atoms with Gasteiger partial charge in [-0.3, -0.25) is 9.98 Å². The van der Waals surface area contributed by atoms with Crippen LogP contribution in [0.2, 0.25) is 0 Å². The van der Waals surface area contributed by atoms with Crippen LogP contribution in [0, 0.1) is 0 Å². The number of hydrogen-bond donors (Lipinski definition) is 2.